The lowest BCUT2D eigenvalue weighted by molar-refractivity contribution is -0.135. The van der Waals surface area contributed by atoms with E-state index in [1.165, 1.54) is 25.7 Å². The lowest BCUT2D eigenvalue weighted by atomic mass is 9.65. The van der Waals surface area contributed by atoms with E-state index in [0.29, 0.717) is 18.0 Å². The minimum Gasteiger partial charge on any atom is -0.341 e. The van der Waals surface area contributed by atoms with E-state index in [4.69, 9.17) is 0 Å². The zero-order chi connectivity index (χ0) is 21.5. The lowest BCUT2D eigenvalue weighted by Crippen LogP contribution is -2.37. The van der Waals surface area contributed by atoms with Crippen LogP contribution in [0, 0.1) is 16.7 Å². The van der Waals surface area contributed by atoms with Crippen molar-refractivity contribution in [1.29, 1.82) is 0 Å². The maximum Gasteiger partial charge on any atom is 0.254 e. The van der Waals surface area contributed by atoms with Crippen LogP contribution in [0.4, 0.5) is 0 Å². The minimum atomic E-state index is 0.166. The number of carbonyl (C=O) groups excluding carboxylic acids is 2. The molecule has 1 heterocycles. The molecule has 1 unspecified atom stereocenters. The second-order valence-corrected chi connectivity index (χ2v) is 11.4. The van der Waals surface area contributed by atoms with Crippen molar-refractivity contribution in [2.24, 2.45) is 16.7 Å². The van der Waals surface area contributed by atoms with Gasteiger partial charge in [0.15, 0.2) is 0 Å². The summed E-state index contributed by atoms with van der Waals surface area (Å²) >= 11 is 0. The molecule has 164 valence electrons. The molecule has 30 heavy (non-hydrogen) atoms. The maximum atomic E-state index is 13.3. The van der Waals surface area contributed by atoms with Gasteiger partial charge in [0.1, 0.15) is 0 Å². The van der Waals surface area contributed by atoms with Crippen molar-refractivity contribution in [1.82, 2.24) is 9.80 Å². The molecule has 2 saturated carbocycles. The second kappa shape index (κ2) is 8.01. The number of nitrogens with zero attached hydrogens (tertiary/aromatic N) is 2. The second-order valence-electron chi connectivity index (χ2n) is 11.4. The molecule has 0 spiro atoms. The molecule has 1 aliphatic heterocycles. The Bertz CT molecular complexity index is 794. The molecule has 1 aromatic rings. The predicted octanol–water partition coefficient (Wildman–Crippen LogP) is 5.27. The molecule has 0 radical (unpaired) electrons. The highest BCUT2D eigenvalue weighted by Crippen LogP contribution is 2.52. The van der Waals surface area contributed by atoms with Crippen LogP contribution in [-0.2, 0) is 11.3 Å². The van der Waals surface area contributed by atoms with E-state index in [9.17, 15) is 9.59 Å². The van der Waals surface area contributed by atoms with Crippen LogP contribution in [0.25, 0.3) is 0 Å². The molecule has 2 aliphatic carbocycles. The van der Waals surface area contributed by atoms with Crippen molar-refractivity contribution in [3.8, 4) is 0 Å². The number of likely N-dealkylation sites (tertiary alicyclic amines) is 1. The number of fused-ring (bicyclic) bond motifs is 2. The van der Waals surface area contributed by atoms with Gasteiger partial charge in [0, 0.05) is 37.7 Å². The molecule has 2 amide bonds. The third kappa shape index (κ3) is 4.43. The van der Waals surface area contributed by atoms with E-state index in [1.54, 1.807) is 0 Å². The Hall–Kier alpha value is -1.84. The fraction of sp³-hybridized carbons (Fsp3) is 0.692. The highest BCUT2D eigenvalue weighted by atomic mass is 16.2. The fourth-order valence-corrected chi connectivity index (χ4v) is 6.63. The average Bonchev–Trinajstić information content (AvgIpc) is 2.96. The fourth-order valence-electron chi connectivity index (χ4n) is 6.63. The summed E-state index contributed by atoms with van der Waals surface area (Å²) in [5.74, 6) is 0.638. The van der Waals surface area contributed by atoms with Crippen LogP contribution in [0.15, 0.2) is 24.3 Å². The third-order valence-electron chi connectivity index (χ3n) is 7.63. The molecule has 4 rings (SSSR count). The van der Waals surface area contributed by atoms with Gasteiger partial charge in [-0.1, -0.05) is 52.2 Å². The summed E-state index contributed by atoms with van der Waals surface area (Å²) in [6, 6.07) is 8.31. The first kappa shape index (κ1) is 21.4. The van der Waals surface area contributed by atoms with Crippen molar-refractivity contribution in [2.45, 2.75) is 84.7 Å². The van der Waals surface area contributed by atoms with Crippen LogP contribution in [0.1, 0.15) is 88.1 Å². The molecule has 0 N–H and O–H groups in total. The Morgan fingerprint density at radius 3 is 2.37 bits per heavy atom. The summed E-state index contributed by atoms with van der Waals surface area (Å²) in [7, 11) is 1.91. The molecule has 4 nitrogen and oxygen atoms in total. The Morgan fingerprint density at radius 1 is 1.03 bits per heavy atom. The smallest absolute Gasteiger partial charge is 0.254 e. The molecule has 2 bridgehead atoms. The molecule has 1 aromatic carbocycles. The van der Waals surface area contributed by atoms with Crippen molar-refractivity contribution >= 4 is 11.8 Å². The Labute approximate surface area is 182 Å². The van der Waals surface area contributed by atoms with Crippen molar-refractivity contribution < 1.29 is 9.59 Å². The van der Waals surface area contributed by atoms with Crippen molar-refractivity contribution in [2.75, 3.05) is 13.6 Å². The maximum absolute atomic E-state index is 13.3. The van der Waals surface area contributed by atoms with Gasteiger partial charge in [-0.2, -0.15) is 0 Å². The van der Waals surface area contributed by atoms with Gasteiger partial charge in [0.05, 0.1) is 0 Å². The third-order valence-corrected chi connectivity index (χ3v) is 7.63. The summed E-state index contributed by atoms with van der Waals surface area (Å²) in [6.45, 7) is 8.51. The molecule has 0 aromatic heterocycles. The summed E-state index contributed by atoms with van der Waals surface area (Å²) in [6.07, 6.45) is 9.10. The molecular formula is C26H38N2O2. The van der Waals surface area contributed by atoms with Crippen LogP contribution >= 0.6 is 0 Å². The first-order chi connectivity index (χ1) is 14.2. The molecular weight excluding hydrogens is 372 g/mol. The van der Waals surface area contributed by atoms with Gasteiger partial charge in [-0.3, -0.25) is 9.59 Å². The zero-order valence-electron chi connectivity index (χ0n) is 19.2. The number of hydrogen-bond acceptors (Lipinski definition) is 2. The zero-order valence-corrected chi connectivity index (χ0v) is 19.2. The highest BCUT2D eigenvalue weighted by Gasteiger charge is 2.51. The minimum absolute atomic E-state index is 0.166. The number of benzene rings is 1. The topological polar surface area (TPSA) is 40.6 Å². The standard InChI is InChI=1S/C26H38N2O2/c1-25(2)14-22-15-26(3,17-25)18-28(22)24(30)21-12-10-19(11-13-21)16-27(4)23(29)20-8-6-5-7-9-20/h10-13,20,22H,5-9,14-18H2,1-4H3/t22-,26?/m1/s1. The molecule has 1 saturated heterocycles. The van der Waals surface area contributed by atoms with E-state index in [0.717, 1.165) is 43.4 Å². The number of hydrogen-bond donors (Lipinski definition) is 0. The van der Waals surface area contributed by atoms with E-state index >= 15 is 0 Å². The molecule has 3 fully saturated rings. The first-order valence-corrected chi connectivity index (χ1v) is 11.8. The summed E-state index contributed by atoms with van der Waals surface area (Å²) in [4.78, 5) is 29.9. The number of carbonyl (C=O) groups is 2. The first-order valence-electron chi connectivity index (χ1n) is 11.8. The van der Waals surface area contributed by atoms with Crippen LogP contribution in [0.5, 0.6) is 0 Å². The van der Waals surface area contributed by atoms with Gasteiger partial charge in [-0.15, -0.1) is 0 Å². The molecule has 3 aliphatic rings. The van der Waals surface area contributed by atoms with Crippen LogP contribution < -0.4 is 0 Å². The van der Waals surface area contributed by atoms with Crippen LogP contribution in [0.2, 0.25) is 0 Å². The summed E-state index contributed by atoms with van der Waals surface area (Å²) < 4.78 is 0. The molecule has 4 heteroatoms. The van der Waals surface area contributed by atoms with Crippen molar-refractivity contribution in [3.05, 3.63) is 35.4 Å². The van der Waals surface area contributed by atoms with Crippen LogP contribution in [0.3, 0.4) is 0 Å². The summed E-state index contributed by atoms with van der Waals surface area (Å²) in [5, 5.41) is 0. The Kier molecular flexibility index (Phi) is 5.71. The normalized spacial score (nSPS) is 28.4. The van der Waals surface area contributed by atoms with E-state index < -0.39 is 0 Å². The number of rotatable bonds is 4. The monoisotopic (exact) mass is 410 g/mol. The summed E-state index contributed by atoms with van der Waals surface area (Å²) in [5.41, 5.74) is 2.43. The highest BCUT2D eigenvalue weighted by molar-refractivity contribution is 5.94. The Balaban J connectivity index is 1.39. The van der Waals surface area contributed by atoms with Crippen molar-refractivity contribution in [3.63, 3.8) is 0 Å². The van der Waals surface area contributed by atoms with Gasteiger partial charge < -0.3 is 9.80 Å². The SMILES string of the molecule is CN(Cc1ccc(C(=O)N2CC3(C)C[C@H]2CC(C)(C)C3)cc1)C(=O)C1CCCCC1. The number of amides is 2. The van der Waals surface area contributed by atoms with Gasteiger partial charge >= 0.3 is 0 Å². The largest absolute Gasteiger partial charge is 0.341 e. The van der Waals surface area contributed by atoms with E-state index in [2.05, 4.69) is 25.7 Å². The quantitative estimate of drug-likeness (QED) is 0.679. The Morgan fingerprint density at radius 2 is 1.70 bits per heavy atom. The van der Waals surface area contributed by atoms with E-state index in [1.807, 2.05) is 36.2 Å². The van der Waals surface area contributed by atoms with Gasteiger partial charge in [-0.05, 0) is 60.6 Å². The van der Waals surface area contributed by atoms with Gasteiger partial charge in [-0.25, -0.2) is 0 Å². The average molecular weight is 411 g/mol. The van der Waals surface area contributed by atoms with Crippen LogP contribution in [-0.4, -0.2) is 41.2 Å². The lowest BCUT2D eigenvalue weighted by Gasteiger charge is -2.39. The van der Waals surface area contributed by atoms with Gasteiger partial charge in [0.2, 0.25) is 5.91 Å². The van der Waals surface area contributed by atoms with Gasteiger partial charge in [0.25, 0.3) is 5.91 Å². The molecule has 2 atom stereocenters. The predicted molar refractivity (Wildman–Crippen MR) is 120 cm³/mol. The van der Waals surface area contributed by atoms with E-state index in [-0.39, 0.29) is 23.1 Å².